The molecule has 1 aliphatic rings. The molecule has 5 N–H and O–H groups in total. The van der Waals surface area contributed by atoms with Crippen molar-refractivity contribution in [2.45, 2.75) is 65.1 Å². The van der Waals surface area contributed by atoms with Gasteiger partial charge in [0.2, 0.25) is 23.6 Å². The first-order valence-corrected chi connectivity index (χ1v) is 11.1. The van der Waals surface area contributed by atoms with Gasteiger partial charge in [-0.25, -0.2) is 4.79 Å². The number of nitrogens with one attached hydrogen (secondary N) is 5. The molecular weight excluding hydrogens is 416 g/mol. The Morgan fingerprint density at radius 2 is 1.56 bits per heavy atom. The highest BCUT2D eigenvalue weighted by molar-refractivity contribution is 5.93. The zero-order valence-corrected chi connectivity index (χ0v) is 19.9. The van der Waals surface area contributed by atoms with Crippen LogP contribution in [0.4, 0.5) is 4.79 Å². The summed E-state index contributed by atoms with van der Waals surface area (Å²) in [5.74, 6) is -1.47. The summed E-state index contributed by atoms with van der Waals surface area (Å²) < 4.78 is 0. The molecule has 6 amide bonds. The highest BCUT2D eigenvalue weighted by atomic mass is 16.2. The molecule has 0 aliphatic carbocycles. The fourth-order valence-electron chi connectivity index (χ4n) is 3.60. The van der Waals surface area contributed by atoms with Gasteiger partial charge in [-0.2, -0.15) is 0 Å². The van der Waals surface area contributed by atoms with Crippen molar-refractivity contribution in [3.05, 3.63) is 0 Å². The zero-order chi connectivity index (χ0) is 24.4. The Labute approximate surface area is 189 Å². The zero-order valence-electron chi connectivity index (χ0n) is 19.9. The number of likely N-dealkylation sites (tertiary alicyclic amines) is 1. The summed E-state index contributed by atoms with van der Waals surface area (Å²) in [7, 11) is 2.99. The fourth-order valence-corrected chi connectivity index (χ4v) is 3.60. The van der Waals surface area contributed by atoms with Crippen LogP contribution in [0.1, 0.15) is 47.0 Å². The monoisotopic (exact) mass is 454 g/mol. The molecular formula is C21H38N6O5. The third kappa shape index (κ3) is 8.01. The number of urea groups is 1. The van der Waals surface area contributed by atoms with Gasteiger partial charge in [-0.3, -0.25) is 19.2 Å². The summed E-state index contributed by atoms with van der Waals surface area (Å²) in [5.41, 5.74) is 0. The van der Waals surface area contributed by atoms with Gasteiger partial charge in [0, 0.05) is 20.6 Å². The lowest BCUT2D eigenvalue weighted by molar-refractivity contribution is -0.130. The fraction of sp³-hybridized carbons (Fsp3) is 0.762. The molecule has 1 rings (SSSR count). The van der Waals surface area contributed by atoms with E-state index in [0.717, 1.165) is 0 Å². The van der Waals surface area contributed by atoms with Crippen molar-refractivity contribution in [3.8, 4) is 0 Å². The van der Waals surface area contributed by atoms with Crippen LogP contribution in [0.5, 0.6) is 0 Å². The molecule has 11 nitrogen and oxygen atoms in total. The molecule has 0 spiro atoms. The Kier molecular flexibility index (Phi) is 10.9. The third-order valence-electron chi connectivity index (χ3n) is 5.32. The van der Waals surface area contributed by atoms with Crippen molar-refractivity contribution in [1.29, 1.82) is 0 Å². The first-order valence-electron chi connectivity index (χ1n) is 11.1. The predicted molar refractivity (Wildman–Crippen MR) is 119 cm³/mol. The molecule has 1 aliphatic heterocycles. The van der Waals surface area contributed by atoms with Gasteiger partial charge < -0.3 is 31.5 Å². The van der Waals surface area contributed by atoms with Gasteiger partial charge in [0.05, 0.1) is 6.54 Å². The number of carbonyl (C=O) groups excluding carboxylic acids is 5. The molecule has 32 heavy (non-hydrogen) atoms. The van der Waals surface area contributed by atoms with E-state index in [4.69, 9.17) is 0 Å². The van der Waals surface area contributed by atoms with E-state index in [-0.39, 0.29) is 30.2 Å². The summed E-state index contributed by atoms with van der Waals surface area (Å²) in [5, 5.41) is 12.9. The lowest BCUT2D eigenvalue weighted by atomic mass is 10.0. The predicted octanol–water partition coefficient (Wildman–Crippen LogP) is -0.676. The number of nitrogens with zero attached hydrogens (tertiary/aromatic N) is 1. The lowest BCUT2D eigenvalue weighted by Crippen LogP contribution is -2.56. The molecule has 3 atom stereocenters. The maximum atomic E-state index is 12.7. The number of likely N-dealkylation sites (N-methyl/N-ethyl adjacent to an activating group) is 2. The molecule has 182 valence electrons. The highest BCUT2D eigenvalue weighted by Crippen LogP contribution is 2.18. The first kappa shape index (κ1) is 27.2. The molecule has 1 saturated heterocycles. The van der Waals surface area contributed by atoms with Crippen molar-refractivity contribution >= 4 is 29.7 Å². The molecule has 0 bridgehead atoms. The normalized spacial score (nSPS) is 17.5. The molecule has 0 aromatic carbocycles. The Morgan fingerprint density at radius 3 is 2.09 bits per heavy atom. The number of hydrogen-bond acceptors (Lipinski definition) is 5. The van der Waals surface area contributed by atoms with Crippen LogP contribution in [0.15, 0.2) is 0 Å². The summed E-state index contributed by atoms with van der Waals surface area (Å²) in [6, 6.07) is -2.63. The second-order valence-corrected chi connectivity index (χ2v) is 8.72. The van der Waals surface area contributed by atoms with E-state index in [0.29, 0.717) is 25.8 Å². The maximum absolute atomic E-state index is 12.7. The van der Waals surface area contributed by atoms with E-state index in [1.54, 1.807) is 0 Å². The standard InChI is InChI=1S/C21H38N6O5/c1-12(2)10-14(18(29)22-5)25-16(28)11-24-19(30)15-8-7-9-27(15)21(32)26-17(13(3)4)20(31)23-6/h12-15,17H,7-11H2,1-6H3,(H,22,29)(H,23,31)(H,24,30)(H,25,28)(H,26,32)/t14-,15-,17-/m0/s1. The van der Waals surface area contributed by atoms with E-state index in [1.165, 1.54) is 19.0 Å². The SMILES string of the molecule is CNC(=O)[C@H](CC(C)C)NC(=O)CNC(=O)[C@@H]1CCCN1C(=O)N[C@H](C(=O)NC)C(C)C. The summed E-state index contributed by atoms with van der Waals surface area (Å²) in [4.78, 5) is 63.0. The van der Waals surface area contributed by atoms with Crippen LogP contribution in [-0.2, 0) is 19.2 Å². The van der Waals surface area contributed by atoms with Gasteiger partial charge in [0.25, 0.3) is 0 Å². The lowest BCUT2D eigenvalue weighted by Gasteiger charge is -2.28. The van der Waals surface area contributed by atoms with E-state index in [2.05, 4.69) is 26.6 Å². The molecule has 1 heterocycles. The smallest absolute Gasteiger partial charge is 0.318 e. The number of carbonyl (C=O) groups is 5. The van der Waals surface area contributed by atoms with Crippen molar-refractivity contribution in [2.75, 3.05) is 27.2 Å². The molecule has 1 fully saturated rings. The number of rotatable bonds is 10. The van der Waals surface area contributed by atoms with Gasteiger partial charge in [-0.05, 0) is 31.1 Å². The van der Waals surface area contributed by atoms with Crippen LogP contribution in [-0.4, -0.2) is 79.9 Å². The molecule has 0 unspecified atom stereocenters. The molecule has 0 radical (unpaired) electrons. The van der Waals surface area contributed by atoms with E-state index >= 15 is 0 Å². The maximum Gasteiger partial charge on any atom is 0.318 e. The van der Waals surface area contributed by atoms with Gasteiger partial charge in [-0.15, -0.1) is 0 Å². The Bertz CT molecular complexity index is 696. The summed E-state index contributed by atoms with van der Waals surface area (Å²) >= 11 is 0. The second-order valence-electron chi connectivity index (χ2n) is 8.72. The third-order valence-corrected chi connectivity index (χ3v) is 5.32. The van der Waals surface area contributed by atoms with Gasteiger partial charge >= 0.3 is 6.03 Å². The van der Waals surface area contributed by atoms with Crippen LogP contribution >= 0.6 is 0 Å². The topological polar surface area (TPSA) is 149 Å². The van der Waals surface area contributed by atoms with E-state index in [9.17, 15) is 24.0 Å². The van der Waals surface area contributed by atoms with E-state index < -0.39 is 36.0 Å². The minimum Gasteiger partial charge on any atom is -0.357 e. The largest absolute Gasteiger partial charge is 0.357 e. The average Bonchev–Trinajstić information content (AvgIpc) is 3.23. The van der Waals surface area contributed by atoms with Crippen LogP contribution in [0.2, 0.25) is 0 Å². The van der Waals surface area contributed by atoms with Crippen molar-refractivity contribution in [1.82, 2.24) is 31.5 Å². The number of amides is 6. The van der Waals surface area contributed by atoms with Gasteiger partial charge in [-0.1, -0.05) is 27.7 Å². The second kappa shape index (κ2) is 12.9. The van der Waals surface area contributed by atoms with E-state index in [1.807, 2.05) is 27.7 Å². The Balaban J connectivity index is 2.67. The molecule has 0 aromatic rings. The minimum atomic E-state index is -0.731. The van der Waals surface area contributed by atoms with Crippen molar-refractivity contribution in [2.24, 2.45) is 11.8 Å². The molecule has 0 saturated carbocycles. The van der Waals surface area contributed by atoms with Crippen LogP contribution in [0.3, 0.4) is 0 Å². The van der Waals surface area contributed by atoms with Crippen LogP contribution < -0.4 is 26.6 Å². The Morgan fingerprint density at radius 1 is 0.938 bits per heavy atom. The quantitative estimate of drug-likeness (QED) is 0.297. The summed E-state index contributed by atoms with van der Waals surface area (Å²) in [6.45, 7) is 7.59. The molecule has 0 aromatic heterocycles. The van der Waals surface area contributed by atoms with Crippen LogP contribution in [0, 0.1) is 11.8 Å². The molecule has 11 heteroatoms. The first-order chi connectivity index (χ1) is 15.0. The van der Waals surface area contributed by atoms with Crippen LogP contribution in [0.25, 0.3) is 0 Å². The summed E-state index contributed by atoms with van der Waals surface area (Å²) in [6.07, 6.45) is 1.57. The van der Waals surface area contributed by atoms with Crippen molar-refractivity contribution in [3.63, 3.8) is 0 Å². The van der Waals surface area contributed by atoms with Crippen molar-refractivity contribution < 1.29 is 24.0 Å². The van der Waals surface area contributed by atoms with Gasteiger partial charge in [0.15, 0.2) is 0 Å². The van der Waals surface area contributed by atoms with Gasteiger partial charge in [0.1, 0.15) is 18.1 Å². The Hall–Kier alpha value is -2.85. The minimum absolute atomic E-state index is 0.128. The average molecular weight is 455 g/mol. The highest BCUT2D eigenvalue weighted by Gasteiger charge is 2.36. The number of hydrogen-bond donors (Lipinski definition) is 5.